The molecule has 0 fully saturated rings. The van der Waals surface area contributed by atoms with Crippen LogP contribution in [0.3, 0.4) is 0 Å². The highest BCUT2D eigenvalue weighted by Gasteiger charge is 2.17. The molecule has 1 N–H and O–H groups in total. The summed E-state index contributed by atoms with van der Waals surface area (Å²) >= 11 is 0. The molecule has 106 valence electrons. The van der Waals surface area contributed by atoms with Gasteiger partial charge in [0.2, 0.25) is 0 Å². The van der Waals surface area contributed by atoms with Gasteiger partial charge in [-0.3, -0.25) is 10.1 Å². The molecule has 3 aromatic rings. The van der Waals surface area contributed by atoms with E-state index in [0.29, 0.717) is 0 Å². The molecule has 2 aromatic heterocycles. The van der Waals surface area contributed by atoms with E-state index in [9.17, 15) is 14.5 Å². The van der Waals surface area contributed by atoms with Gasteiger partial charge in [-0.05, 0) is 18.2 Å². The number of benzene rings is 1. The maximum Gasteiger partial charge on any atom is 0.295 e. The van der Waals surface area contributed by atoms with Crippen LogP contribution in [0.15, 0.2) is 48.8 Å². The van der Waals surface area contributed by atoms with Crippen LogP contribution in [0.4, 0.5) is 15.8 Å². The van der Waals surface area contributed by atoms with Gasteiger partial charge in [-0.2, -0.15) is 5.10 Å². The minimum atomic E-state index is -0.652. The molecule has 0 saturated heterocycles. The van der Waals surface area contributed by atoms with Crippen LogP contribution in [0.1, 0.15) is 5.56 Å². The summed E-state index contributed by atoms with van der Waals surface area (Å²) in [5.74, 6) is -0.652. The monoisotopic (exact) mass is 286 g/mol. The lowest BCUT2D eigenvalue weighted by atomic mass is 10.2. The average Bonchev–Trinajstić information content (AvgIpc) is 2.89. The number of fused-ring (bicyclic) bond motifs is 1. The molecule has 3 rings (SSSR count). The van der Waals surface area contributed by atoms with Crippen molar-refractivity contribution in [2.75, 3.05) is 5.32 Å². The zero-order valence-electron chi connectivity index (χ0n) is 10.9. The van der Waals surface area contributed by atoms with Crippen molar-refractivity contribution in [2.45, 2.75) is 6.54 Å². The van der Waals surface area contributed by atoms with Gasteiger partial charge in [-0.25, -0.2) is 8.91 Å². The number of nitrogens with one attached hydrogen (secondary N) is 1. The summed E-state index contributed by atoms with van der Waals surface area (Å²) in [6.07, 6.45) is 3.44. The molecule has 0 spiro atoms. The van der Waals surface area contributed by atoms with Gasteiger partial charge in [-0.15, -0.1) is 0 Å². The van der Waals surface area contributed by atoms with Crippen LogP contribution in [0.5, 0.6) is 0 Å². The van der Waals surface area contributed by atoms with Crippen LogP contribution in [-0.2, 0) is 6.54 Å². The number of pyridine rings is 1. The Morgan fingerprint density at radius 3 is 2.95 bits per heavy atom. The molecular formula is C14H11FN4O2. The van der Waals surface area contributed by atoms with Gasteiger partial charge >= 0.3 is 0 Å². The number of anilines is 1. The van der Waals surface area contributed by atoms with E-state index in [1.807, 2.05) is 18.2 Å². The fourth-order valence-corrected chi connectivity index (χ4v) is 2.15. The Labute approximate surface area is 119 Å². The van der Waals surface area contributed by atoms with Gasteiger partial charge < -0.3 is 5.32 Å². The van der Waals surface area contributed by atoms with Gasteiger partial charge in [-0.1, -0.05) is 12.1 Å². The van der Waals surface area contributed by atoms with Gasteiger partial charge in [0.05, 0.1) is 16.6 Å². The summed E-state index contributed by atoms with van der Waals surface area (Å²) < 4.78 is 15.5. The van der Waals surface area contributed by atoms with Crippen LogP contribution in [0.2, 0.25) is 0 Å². The van der Waals surface area contributed by atoms with Gasteiger partial charge in [0.25, 0.3) is 5.69 Å². The smallest absolute Gasteiger partial charge is 0.295 e. The lowest BCUT2D eigenvalue weighted by molar-refractivity contribution is -0.384. The lowest BCUT2D eigenvalue weighted by Crippen LogP contribution is -2.04. The molecule has 21 heavy (non-hydrogen) atoms. The second kappa shape index (κ2) is 5.20. The van der Waals surface area contributed by atoms with Crippen molar-refractivity contribution in [1.82, 2.24) is 9.61 Å². The lowest BCUT2D eigenvalue weighted by Gasteiger charge is -2.07. The normalized spacial score (nSPS) is 10.7. The minimum Gasteiger partial charge on any atom is -0.373 e. The van der Waals surface area contributed by atoms with E-state index in [2.05, 4.69) is 10.4 Å². The summed E-state index contributed by atoms with van der Waals surface area (Å²) in [5, 5.41) is 17.9. The van der Waals surface area contributed by atoms with Gasteiger partial charge in [0, 0.05) is 24.4 Å². The second-order valence-electron chi connectivity index (χ2n) is 4.44. The van der Waals surface area contributed by atoms with E-state index in [4.69, 9.17) is 0 Å². The third-order valence-electron chi connectivity index (χ3n) is 3.15. The number of aromatic nitrogens is 2. The molecule has 0 aliphatic carbocycles. The Balaban J connectivity index is 1.90. The zero-order chi connectivity index (χ0) is 14.8. The Bertz CT molecular complexity index is 816. The van der Waals surface area contributed by atoms with Crippen molar-refractivity contribution in [3.05, 3.63) is 70.3 Å². The first kappa shape index (κ1) is 13.0. The van der Waals surface area contributed by atoms with Crippen molar-refractivity contribution in [3.63, 3.8) is 0 Å². The van der Waals surface area contributed by atoms with Crippen LogP contribution < -0.4 is 5.32 Å². The summed E-state index contributed by atoms with van der Waals surface area (Å²) in [5.41, 5.74) is 1.29. The predicted octanol–water partition coefficient (Wildman–Crippen LogP) is 2.99. The number of hydrogen-bond donors (Lipinski definition) is 1. The van der Waals surface area contributed by atoms with Gasteiger partial charge in [0.1, 0.15) is 5.69 Å². The van der Waals surface area contributed by atoms with E-state index in [1.54, 1.807) is 16.9 Å². The standard InChI is InChI=1S/C14H11FN4O2/c15-11-4-3-6-13(19(20)21)14(11)16-8-10-9-17-18-7-2-1-5-12(10)18/h1-7,9,16H,8H2. The topological polar surface area (TPSA) is 72.5 Å². The fraction of sp³-hybridized carbons (Fsp3) is 0.0714. The number of para-hydroxylation sites is 1. The molecule has 6 nitrogen and oxygen atoms in total. The molecule has 0 aliphatic heterocycles. The summed E-state index contributed by atoms with van der Waals surface area (Å²) in [6.45, 7) is 0.245. The summed E-state index contributed by atoms with van der Waals surface area (Å²) in [6, 6.07) is 9.35. The number of hydrogen-bond acceptors (Lipinski definition) is 4. The molecule has 0 bridgehead atoms. The first-order valence-corrected chi connectivity index (χ1v) is 6.25. The zero-order valence-corrected chi connectivity index (χ0v) is 10.9. The Hall–Kier alpha value is -2.96. The second-order valence-corrected chi connectivity index (χ2v) is 4.44. The number of nitro benzene ring substituents is 1. The van der Waals surface area contributed by atoms with Crippen molar-refractivity contribution in [3.8, 4) is 0 Å². The Morgan fingerprint density at radius 1 is 1.29 bits per heavy atom. The highest BCUT2D eigenvalue weighted by atomic mass is 19.1. The van der Waals surface area contributed by atoms with Crippen LogP contribution in [-0.4, -0.2) is 14.5 Å². The predicted molar refractivity (Wildman–Crippen MR) is 75.6 cm³/mol. The summed E-state index contributed by atoms with van der Waals surface area (Å²) in [7, 11) is 0. The van der Waals surface area contributed by atoms with E-state index in [1.165, 1.54) is 18.2 Å². The van der Waals surface area contributed by atoms with Crippen LogP contribution in [0.25, 0.3) is 5.52 Å². The molecule has 0 aliphatic rings. The van der Waals surface area contributed by atoms with Crippen molar-refractivity contribution in [1.29, 1.82) is 0 Å². The van der Waals surface area contributed by atoms with Crippen LogP contribution >= 0.6 is 0 Å². The van der Waals surface area contributed by atoms with E-state index >= 15 is 0 Å². The molecule has 1 aromatic carbocycles. The minimum absolute atomic E-state index is 0.113. The quantitative estimate of drug-likeness (QED) is 0.591. The Morgan fingerprint density at radius 2 is 2.14 bits per heavy atom. The maximum absolute atomic E-state index is 13.8. The van der Waals surface area contributed by atoms with Gasteiger partial charge in [0.15, 0.2) is 5.82 Å². The Kier molecular flexibility index (Phi) is 3.23. The third-order valence-corrected chi connectivity index (χ3v) is 3.15. The number of nitro groups is 1. The number of rotatable bonds is 4. The number of halogens is 1. The SMILES string of the molecule is O=[N+]([O-])c1cccc(F)c1NCc1cnn2ccccc12. The third kappa shape index (κ3) is 2.40. The van der Waals surface area contributed by atoms with E-state index in [-0.39, 0.29) is 17.9 Å². The van der Waals surface area contributed by atoms with Crippen molar-refractivity contribution >= 4 is 16.9 Å². The molecular weight excluding hydrogens is 275 g/mol. The molecule has 2 heterocycles. The highest BCUT2D eigenvalue weighted by Crippen LogP contribution is 2.27. The average molecular weight is 286 g/mol. The summed E-state index contributed by atoms with van der Waals surface area (Å²) in [4.78, 5) is 10.3. The molecule has 0 amide bonds. The molecule has 0 saturated carbocycles. The van der Waals surface area contributed by atoms with Crippen molar-refractivity contribution in [2.24, 2.45) is 0 Å². The van der Waals surface area contributed by atoms with E-state index in [0.717, 1.165) is 11.1 Å². The maximum atomic E-state index is 13.8. The fourth-order valence-electron chi connectivity index (χ4n) is 2.15. The molecule has 0 unspecified atom stereocenters. The van der Waals surface area contributed by atoms with E-state index < -0.39 is 10.7 Å². The highest BCUT2D eigenvalue weighted by molar-refractivity contribution is 5.63. The molecule has 0 atom stereocenters. The van der Waals surface area contributed by atoms with Crippen molar-refractivity contribution < 1.29 is 9.31 Å². The first-order chi connectivity index (χ1) is 10.2. The first-order valence-electron chi connectivity index (χ1n) is 6.25. The molecule has 0 radical (unpaired) electrons. The largest absolute Gasteiger partial charge is 0.373 e. The number of nitrogens with zero attached hydrogens (tertiary/aromatic N) is 3. The van der Waals surface area contributed by atoms with Crippen LogP contribution in [0, 0.1) is 15.9 Å². The molecule has 7 heteroatoms.